The molecule has 2 aliphatic heterocycles. The number of amides is 1. The van der Waals surface area contributed by atoms with Crippen LogP contribution in [0.4, 0.5) is 26.3 Å². The maximum atomic E-state index is 13.1. The molecule has 0 aromatic heterocycles. The number of carbonyl (C=O) groups is 1. The van der Waals surface area contributed by atoms with E-state index in [4.69, 9.17) is 4.74 Å². The number of ether oxygens (including phenoxy) is 1. The van der Waals surface area contributed by atoms with Gasteiger partial charge in [-0.3, -0.25) is 4.79 Å². The maximum absolute atomic E-state index is 13.1. The Morgan fingerprint density at radius 1 is 0.886 bits per heavy atom. The average Bonchev–Trinajstić information content (AvgIpc) is 3.17. The van der Waals surface area contributed by atoms with E-state index in [-0.39, 0.29) is 42.7 Å². The number of benzene rings is 2. The number of piperidine rings is 1. The van der Waals surface area contributed by atoms with Gasteiger partial charge in [0.2, 0.25) is 5.91 Å². The number of hydrogen-bond acceptors (Lipinski definition) is 3. The van der Waals surface area contributed by atoms with Gasteiger partial charge in [-0.05, 0) is 55.0 Å². The molecule has 0 radical (unpaired) electrons. The minimum Gasteiger partial charge on any atom is -0.379 e. The zero-order valence-corrected chi connectivity index (χ0v) is 18.9. The van der Waals surface area contributed by atoms with E-state index in [9.17, 15) is 31.1 Å². The van der Waals surface area contributed by atoms with Gasteiger partial charge in [-0.2, -0.15) is 26.3 Å². The van der Waals surface area contributed by atoms with Gasteiger partial charge in [0.1, 0.15) is 0 Å². The van der Waals surface area contributed by atoms with Crippen LogP contribution in [0.5, 0.6) is 0 Å². The minimum atomic E-state index is -4.88. The van der Waals surface area contributed by atoms with Crippen LogP contribution in [0, 0.1) is 0 Å². The van der Waals surface area contributed by atoms with Crippen molar-refractivity contribution in [3.8, 4) is 0 Å². The summed E-state index contributed by atoms with van der Waals surface area (Å²) >= 11 is 0. The van der Waals surface area contributed by atoms with Gasteiger partial charge >= 0.3 is 12.4 Å². The Morgan fingerprint density at radius 3 is 2.06 bits per heavy atom. The largest absolute Gasteiger partial charge is 0.416 e. The van der Waals surface area contributed by atoms with Crippen molar-refractivity contribution in [2.45, 2.75) is 55.5 Å². The highest BCUT2D eigenvalue weighted by Crippen LogP contribution is 2.39. The highest BCUT2D eigenvalue weighted by molar-refractivity contribution is 5.79. The second-order valence-electron chi connectivity index (χ2n) is 9.35. The Balaban J connectivity index is 1.45. The third-order valence-electron chi connectivity index (χ3n) is 6.89. The number of alkyl halides is 6. The summed E-state index contributed by atoms with van der Waals surface area (Å²) < 4.78 is 84.6. The predicted molar refractivity (Wildman–Crippen MR) is 116 cm³/mol. The molecule has 0 bridgehead atoms. The molecule has 190 valence electrons. The maximum Gasteiger partial charge on any atom is 0.416 e. The molecule has 2 saturated heterocycles. The van der Waals surface area contributed by atoms with Crippen LogP contribution in [0.3, 0.4) is 0 Å². The summed E-state index contributed by atoms with van der Waals surface area (Å²) in [7, 11) is 0. The van der Waals surface area contributed by atoms with Crippen molar-refractivity contribution >= 4 is 5.91 Å². The van der Waals surface area contributed by atoms with Gasteiger partial charge in [0.05, 0.1) is 35.4 Å². The van der Waals surface area contributed by atoms with Crippen molar-refractivity contribution in [3.63, 3.8) is 0 Å². The Morgan fingerprint density at radius 2 is 1.54 bits per heavy atom. The standard InChI is InChI=1S/C25H26F6N2O2/c26-24(27,28)19-12-17(13-20(14-19)25(29,30)31)7-11-35-16-23(18-4-2-1-3-5-18)10-9-22(15-32-23)8-6-21(34)33-22/h1-5,12-14,32H,6-11,15-16H2,(H,33,34)/t22-,23-/m1/s1. The molecule has 1 amide bonds. The summed E-state index contributed by atoms with van der Waals surface area (Å²) in [5.41, 5.74) is -2.67. The molecule has 2 N–H and O–H groups in total. The van der Waals surface area contributed by atoms with Crippen molar-refractivity contribution in [3.05, 3.63) is 70.8 Å². The van der Waals surface area contributed by atoms with Crippen LogP contribution in [0.15, 0.2) is 48.5 Å². The Hall–Kier alpha value is -2.59. The third-order valence-corrected chi connectivity index (χ3v) is 6.89. The molecule has 0 unspecified atom stereocenters. The topological polar surface area (TPSA) is 50.4 Å². The summed E-state index contributed by atoms with van der Waals surface area (Å²) in [5.74, 6) is 0.0228. The fourth-order valence-corrected chi connectivity index (χ4v) is 4.87. The van der Waals surface area contributed by atoms with Crippen LogP contribution < -0.4 is 10.6 Å². The zero-order chi connectivity index (χ0) is 25.3. The predicted octanol–water partition coefficient (Wildman–Crippen LogP) is 5.21. The number of hydrogen-bond donors (Lipinski definition) is 2. The zero-order valence-electron chi connectivity index (χ0n) is 18.9. The Labute approximate surface area is 199 Å². The van der Waals surface area contributed by atoms with Crippen molar-refractivity contribution in [1.29, 1.82) is 0 Å². The Bertz CT molecular complexity index is 1010. The van der Waals surface area contributed by atoms with Crippen LogP contribution in [-0.4, -0.2) is 31.2 Å². The lowest BCUT2D eigenvalue weighted by atomic mass is 9.76. The first kappa shape index (κ1) is 25.5. The molecular formula is C25H26F6N2O2. The van der Waals surface area contributed by atoms with E-state index >= 15 is 0 Å². The van der Waals surface area contributed by atoms with E-state index in [1.807, 2.05) is 30.3 Å². The molecule has 0 saturated carbocycles. The van der Waals surface area contributed by atoms with Gasteiger partial charge in [-0.25, -0.2) is 0 Å². The fraction of sp³-hybridized carbons (Fsp3) is 0.480. The first-order chi connectivity index (χ1) is 16.4. The number of rotatable bonds is 6. The van der Waals surface area contributed by atoms with Gasteiger partial charge < -0.3 is 15.4 Å². The van der Waals surface area contributed by atoms with Crippen LogP contribution in [0.2, 0.25) is 0 Å². The first-order valence-electron chi connectivity index (χ1n) is 11.4. The molecule has 4 rings (SSSR count). The van der Waals surface area contributed by atoms with Gasteiger partial charge in [0.25, 0.3) is 0 Å². The summed E-state index contributed by atoms with van der Waals surface area (Å²) in [6.07, 6.45) is -7.27. The van der Waals surface area contributed by atoms with E-state index in [1.165, 1.54) is 0 Å². The van der Waals surface area contributed by atoms with Crippen LogP contribution in [-0.2, 0) is 33.8 Å². The van der Waals surface area contributed by atoms with E-state index in [1.54, 1.807) is 0 Å². The molecule has 2 atom stereocenters. The van der Waals surface area contributed by atoms with E-state index in [0.29, 0.717) is 19.4 Å². The number of carbonyl (C=O) groups excluding carboxylic acids is 1. The summed E-state index contributed by atoms with van der Waals surface area (Å²) in [6, 6.07) is 11.1. The van der Waals surface area contributed by atoms with Gasteiger partial charge in [-0.1, -0.05) is 30.3 Å². The van der Waals surface area contributed by atoms with E-state index in [0.717, 1.165) is 30.5 Å². The normalized spacial score (nSPS) is 25.1. The van der Waals surface area contributed by atoms with E-state index < -0.39 is 29.0 Å². The molecule has 2 aromatic carbocycles. The molecule has 10 heteroatoms. The van der Waals surface area contributed by atoms with Crippen molar-refractivity contribution < 1.29 is 35.9 Å². The van der Waals surface area contributed by atoms with Crippen LogP contribution in [0.1, 0.15) is 47.9 Å². The molecule has 4 nitrogen and oxygen atoms in total. The lowest BCUT2D eigenvalue weighted by Gasteiger charge is -2.46. The quantitative estimate of drug-likeness (QED) is 0.423. The van der Waals surface area contributed by atoms with E-state index in [2.05, 4.69) is 10.6 Å². The number of halogens is 6. The fourth-order valence-electron chi connectivity index (χ4n) is 4.87. The molecule has 2 aromatic rings. The van der Waals surface area contributed by atoms with Crippen LogP contribution in [0.25, 0.3) is 0 Å². The molecule has 2 heterocycles. The number of nitrogens with one attached hydrogen (secondary N) is 2. The summed E-state index contributed by atoms with van der Waals surface area (Å²) in [4.78, 5) is 11.8. The molecule has 35 heavy (non-hydrogen) atoms. The second kappa shape index (κ2) is 9.46. The second-order valence-corrected chi connectivity index (χ2v) is 9.35. The van der Waals surface area contributed by atoms with Crippen molar-refractivity contribution in [1.82, 2.24) is 10.6 Å². The molecule has 2 aliphatic rings. The third kappa shape index (κ3) is 5.81. The van der Waals surface area contributed by atoms with Crippen molar-refractivity contribution in [2.24, 2.45) is 0 Å². The summed E-state index contributed by atoms with van der Waals surface area (Å²) in [5, 5.41) is 6.58. The monoisotopic (exact) mass is 500 g/mol. The first-order valence-corrected chi connectivity index (χ1v) is 11.4. The SMILES string of the molecule is O=C1CC[C@]2(CC[C@@](COCCc3cc(C(F)(F)F)cc(C(F)(F)F)c3)(c3ccccc3)NC2)N1. The lowest BCUT2D eigenvalue weighted by Crippen LogP contribution is -2.61. The Kier molecular flexibility index (Phi) is 6.89. The van der Waals surface area contributed by atoms with Crippen LogP contribution >= 0.6 is 0 Å². The van der Waals surface area contributed by atoms with Crippen molar-refractivity contribution in [2.75, 3.05) is 19.8 Å². The lowest BCUT2D eigenvalue weighted by molar-refractivity contribution is -0.143. The minimum absolute atomic E-state index is 0.0228. The average molecular weight is 500 g/mol. The summed E-state index contributed by atoms with van der Waals surface area (Å²) in [6.45, 7) is 0.683. The van der Waals surface area contributed by atoms with Gasteiger partial charge in [-0.15, -0.1) is 0 Å². The molecule has 2 fully saturated rings. The highest BCUT2D eigenvalue weighted by atomic mass is 19.4. The molecule has 1 spiro atoms. The molecular weight excluding hydrogens is 474 g/mol. The highest BCUT2D eigenvalue weighted by Gasteiger charge is 2.46. The van der Waals surface area contributed by atoms with Gasteiger partial charge in [0.15, 0.2) is 0 Å². The van der Waals surface area contributed by atoms with Gasteiger partial charge in [0, 0.05) is 13.0 Å². The molecule has 0 aliphatic carbocycles. The smallest absolute Gasteiger partial charge is 0.379 e.